The van der Waals surface area contributed by atoms with Crippen molar-refractivity contribution in [3.8, 4) is 67.0 Å². The van der Waals surface area contributed by atoms with Crippen LogP contribution in [-0.4, -0.2) is 24.9 Å². The Bertz CT molecular complexity index is 6920. The van der Waals surface area contributed by atoms with Crippen molar-refractivity contribution in [3.05, 3.63) is 604 Å². The lowest BCUT2D eigenvalue weighted by Gasteiger charge is -2.37. The number of anilines is 3. The van der Waals surface area contributed by atoms with Gasteiger partial charge in [0, 0.05) is 88.9 Å². The van der Waals surface area contributed by atoms with Gasteiger partial charge in [0.1, 0.15) is 0 Å². The van der Waals surface area contributed by atoms with E-state index < -0.39 is 7.92 Å². The fraction of sp³-hybridized carbons (Fsp3) is 0.110. The quantitative estimate of drug-likeness (QED) is 0.0430. The normalized spacial score (nSPS) is 11.1. The van der Waals surface area contributed by atoms with E-state index in [2.05, 4.69) is 540 Å². The smallest absolute Gasteiger partial charge is 0.0709 e. The number of benzene rings is 15. The molecular formula is C136H125N6P. The molecule has 20 aromatic rings. The zero-order chi connectivity index (χ0) is 99.8. The Kier molecular flexibility index (Phi) is 35.2. The molecule has 0 aliphatic carbocycles. The summed E-state index contributed by atoms with van der Waals surface area (Å²) in [4.78, 5) is 23.8. The molecule has 7 heteroatoms. The number of pyridine rings is 5. The first kappa shape index (κ1) is 101. The van der Waals surface area contributed by atoms with Gasteiger partial charge in [0.05, 0.1) is 16.8 Å². The highest BCUT2D eigenvalue weighted by Crippen LogP contribution is 2.47. The number of rotatable bonds is 20. The largest absolute Gasteiger partial charge is 0.311 e. The summed E-state index contributed by atoms with van der Waals surface area (Å²) in [6.45, 7) is 29.7. The minimum absolute atomic E-state index is 0.343. The predicted molar refractivity (Wildman–Crippen MR) is 612 cm³/mol. The molecule has 0 amide bonds. The number of aryl methyl sites for hydroxylation is 13. The van der Waals surface area contributed by atoms with Crippen LogP contribution >= 0.6 is 7.92 Å². The molecule has 0 bridgehead atoms. The second-order valence-electron chi connectivity index (χ2n) is 36.8. The average Bonchev–Trinajstić information content (AvgIpc) is 0.732. The van der Waals surface area contributed by atoms with Crippen LogP contribution in [0.4, 0.5) is 17.1 Å². The van der Waals surface area contributed by atoms with Gasteiger partial charge >= 0.3 is 0 Å². The van der Waals surface area contributed by atoms with E-state index in [-0.39, 0.29) is 5.41 Å². The molecule has 0 radical (unpaired) electrons. The lowest BCUT2D eigenvalue weighted by molar-refractivity contribution is 0.744. The van der Waals surface area contributed by atoms with Gasteiger partial charge in [-0.15, -0.1) is 0 Å². The number of allylic oxidation sites excluding steroid dienone is 4. The van der Waals surface area contributed by atoms with Crippen LogP contribution in [0.1, 0.15) is 113 Å². The van der Waals surface area contributed by atoms with E-state index in [1.165, 1.54) is 172 Å². The van der Waals surface area contributed by atoms with Gasteiger partial charge in [-0.05, 0) is 272 Å². The topological polar surface area (TPSA) is 67.7 Å². The van der Waals surface area contributed by atoms with Crippen molar-refractivity contribution in [2.75, 3.05) is 4.90 Å². The van der Waals surface area contributed by atoms with Crippen molar-refractivity contribution in [1.82, 2.24) is 24.9 Å². The van der Waals surface area contributed by atoms with E-state index >= 15 is 0 Å². The molecule has 0 spiro atoms. The molecule has 5 aromatic heterocycles. The van der Waals surface area contributed by atoms with Crippen LogP contribution in [0.25, 0.3) is 79.2 Å². The summed E-state index contributed by atoms with van der Waals surface area (Å²) >= 11 is 0. The molecule has 6 nitrogen and oxygen atoms in total. The zero-order valence-corrected chi connectivity index (χ0v) is 85.4. The molecule has 0 aliphatic heterocycles. The first-order valence-electron chi connectivity index (χ1n) is 49.0. The predicted octanol–water partition coefficient (Wildman–Crippen LogP) is 34.4. The molecule has 0 aliphatic rings. The summed E-state index contributed by atoms with van der Waals surface area (Å²) in [6.07, 6.45) is 25.3. The number of nitrogens with zero attached hydrogens (tertiary/aromatic N) is 6. The first-order chi connectivity index (χ1) is 69.6. The molecule has 0 saturated heterocycles. The molecule has 15 aromatic carbocycles. The minimum atomic E-state index is -0.483. The van der Waals surface area contributed by atoms with Crippen LogP contribution in [0, 0.1) is 90.0 Å². The SMILES string of the molecule is CC(=C/C=C/c1ccc(C)cc1-c1ccncc1)/C=C/c1ccncc1.Cc1ccc(-c2ccc(C)cc2-c2cccnc2)c(-c2cccnc2)c1.Cc1ccc(-c2cccc(-c3ccc(C)cc3)n2)cc1.Cc1ccc(C(c2ccccc2)(c2ccccc2)c2ccc(C)cc2)cc1.Cc1ccc(N(c2ccc(C)cc2)c2ccc(C)cc2)cc1.Cc1ccc(P(c2ccc(C)cc2)c2ccc(C)cc2)cc1. The maximum Gasteiger partial charge on any atom is 0.0709 e. The van der Waals surface area contributed by atoms with Crippen molar-refractivity contribution in [2.24, 2.45) is 0 Å². The zero-order valence-electron chi connectivity index (χ0n) is 84.6. The standard InChI is InChI=1S/C27H24.C24H20N2.C24H22N2.C21H21N.C21H21P.C19H17N/c1-21-13-17-25(18-14-21)27(23-9-5-3-6-10-23,24-11-7-4-8-12-24)26-19-15-22(2)16-20-26;1-17-7-9-21(23(13-17)19-5-3-11-25-15-19)22-10-8-18(2)14-24(22)20-6-4-12-26-16-20;1-19(6-8-21-10-14-25-15-11-21)4-3-5-22-9-7-20(2)18-24(22)23-12-16-26-17-13-23;2*1-16-4-10-19(11-5-16)22(20-12-6-17(2)7-13-20)21-14-8-18(3)9-15-21;1-14-6-10-16(11-7-14)18-4-3-5-19(20-18)17-12-8-15(2)9-13-17/h3-20H,1-2H3;3-16H,1-2H3;3-18H,1-2H3;2*4-15H,1-3H3;3-13H,1-2H3/b;;5-3+,8-6+,19-4-;;;. The Morgan fingerprint density at radius 3 is 0.930 bits per heavy atom. The Balaban J connectivity index is 0.000000130. The second kappa shape index (κ2) is 49.9. The molecule has 0 unspecified atom stereocenters. The maximum atomic E-state index is 4.77. The van der Waals surface area contributed by atoms with Gasteiger partial charge < -0.3 is 4.90 Å². The Morgan fingerprint density at radius 2 is 0.566 bits per heavy atom. The second-order valence-corrected chi connectivity index (χ2v) is 39.1. The van der Waals surface area contributed by atoms with Gasteiger partial charge in [-0.25, -0.2) is 4.98 Å². The average molecular weight is 1870 g/mol. The summed E-state index contributed by atoms with van der Waals surface area (Å²) in [5.74, 6) is 0. The van der Waals surface area contributed by atoms with Crippen LogP contribution in [0.3, 0.4) is 0 Å². The highest BCUT2D eigenvalue weighted by molar-refractivity contribution is 7.79. The van der Waals surface area contributed by atoms with E-state index in [0.717, 1.165) is 39.2 Å². The third-order valence-corrected chi connectivity index (χ3v) is 27.7. The van der Waals surface area contributed by atoms with Crippen molar-refractivity contribution >= 4 is 53.0 Å². The van der Waals surface area contributed by atoms with Gasteiger partial charge in [0.25, 0.3) is 0 Å². The van der Waals surface area contributed by atoms with Crippen LogP contribution < -0.4 is 20.8 Å². The summed E-state index contributed by atoms with van der Waals surface area (Å²) in [6, 6.07) is 152. The monoisotopic (exact) mass is 1870 g/mol. The summed E-state index contributed by atoms with van der Waals surface area (Å²) in [5, 5.41) is 4.23. The van der Waals surface area contributed by atoms with Crippen LogP contribution in [0.2, 0.25) is 0 Å². The highest BCUT2D eigenvalue weighted by Gasteiger charge is 2.38. The van der Waals surface area contributed by atoms with Crippen molar-refractivity contribution < 1.29 is 0 Å². The first-order valence-corrected chi connectivity index (χ1v) is 50.3. The molecular weight excluding hydrogens is 1750 g/mol. The maximum absolute atomic E-state index is 4.77. The van der Waals surface area contributed by atoms with Crippen LogP contribution in [0.15, 0.2) is 498 Å². The van der Waals surface area contributed by atoms with E-state index in [9.17, 15) is 0 Å². The van der Waals surface area contributed by atoms with E-state index in [1.807, 2.05) is 73.6 Å². The third-order valence-electron chi connectivity index (χ3n) is 25.2. The lowest BCUT2D eigenvalue weighted by atomic mass is 9.65. The Labute approximate surface area is 849 Å². The molecule has 143 heavy (non-hydrogen) atoms. The summed E-state index contributed by atoms with van der Waals surface area (Å²) in [7, 11) is -0.483. The van der Waals surface area contributed by atoms with Crippen molar-refractivity contribution in [2.45, 2.75) is 102 Å². The van der Waals surface area contributed by atoms with E-state index in [4.69, 9.17) is 4.98 Å². The molecule has 0 saturated carbocycles. The van der Waals surface area contributed by atoms with Crippen LogP contribution in [-0.2, 0) is 5.41 Å². The fourth-order valence-corrected chi connectivity index (χ4v) is 19.4. The summed E-state index contributed by atoms with van der Waals surface area (Å²) in [5.41, 5.74) is 42.3. The van der Waals surface area contributed by atoms with E-state index in [0.29, 0.717) is 0 Å². The van der Waals surface area contributed by atoms with Gasteiger partial charge in [0.15, 0.2) is 0 Å². The molecule has 5 heterocycles. The number of hydrogen-bond acceptors (Lipinski definition) is 6. The van der Waals surface area contributed by atoms with Gasteiger partial charge in [-0.2, -0.15) is 0 Å². The molecule has 704 valence electrons. The fourth-order valence-electron chi connectivity index (χ4n) is 17.2. The third kappa shape index (κ3) is 27.6. The van der Waals surface area contributed by atoms with E-state index in [1.54, 1.807) is 12.4 Å². The molecule has 0 atom stereocenters. The Morgan fingerprint density at radius 1 is 0.245 bits per heavy atom. The number of aromatic nitrogens is 5. The molecule has 0 N–H and O–H groups in total. The van der Waals surface area contributed by atoms with Crippen molar-refractivity contribution in [3.63, 3.8) is 0 Å². The van der Waals surface area contributed by atoms with Gasteiger partial charge in [-0.1, -0.05) is 448 Å². The van der Waals surface area contributed by atoms with Crippen molar-refractivity contribution in [1.29, 1.82) is 0 Å². The molecule has 20 rings (SSSR count). The highest BCUT2D eigenvalue weighted by atomic mass is 31.1. The van der Waals surface area contributed by atoms with Gasteiger partial charge in [-0.3, -0.25) is 19.9 Å². The van der Waals surface area contributed by atoms with Crippen LogP contribution in [0.5, 0.6) is 0 Å². The number of hydrogen-bond donors (Lipinski definition) is 0. The molecule has 0 fully saturated rings. The Hall–Kier alpha value is -16.5. The van der Waals surface area contributed by atoms with Gasteiger partial charge in [0.2, 0.25) is 0 Å². The summed E-state index contributed by atoms with van der Waals surface area (Å²) < 4.78 is 0. The minimum Gasteiger partial charge on any atom is -0.311 e. The lowest BCUT2D eigenvalue weighted by Crippen LogP contribution is -2.31.